The number of aliphatic imine (C=N–C) groups is 1. The summed E-state index contributed by atoms with van der Waals surface area (Å²) in [4.78, 5) is 4.12. The number of benzene rings is 1. The van der Waals surface area contributed by atoms with Crippen LogP contribution < -0.4 is 0 Å². The standard InChI is InChI=1S/C7H8.C4H7NS/c1-7-5-3-2-4-6-7;1-4-5-2-3-6-4/h2-6H,1H3;2-3H2,1H3. The summed E-state index contributed by atoms with van der Waals surface area (Å²) in [6.45, 7) is 5.17. The van der Waals surface area contributed by atoms with Gasteiger partial charge in [-0.25, -0.2) is 0 Å². The Morgan fingerprint density at radius 1 is 1.15 bits per heavy atom. The van der Waals surface area contributed by atoms with Crippen molar-refractivity contribution in [3.63, 3.8) is 0 Å². The SMILES string of the molecule is CC1=NCCS1.Cc1ccccc1. The van der Waals surface area contributed by atoms with E-state index >= 15 is 0 Å². The van der Waals surface area contributed by atoms with Crippen molar-refractivity contribution < 1.29 is 0 Å². The zero-order valence-corrected chi connectivity index (χ0v) is 8.97. The van der Waals surface area contributed by atoms with E-state index < -0.39 is 0 Å². The Balaban J connectivity index is 0.000000132. The Hall–Kier alpha value is -0.760. The number of hydrogen-bond donors (Lipinski definition) is 0. The number of aryl methyl sites for hydroxylation is 1. The zero-order chi connectivity index (χ0) is 9.52. The second kappa shape index (κ2) is 5.81. The predicted molar refractivity (Wildman–Crippen MR) is 61.6 cm³/mol. The van der Waals surface area contributed by atoms with Crippen LogP contribution in [0.25, 0.3) is 0 Å². The predicted octanol–water partition coefficient (Wildman–Crippen LogP) is 3.15. The smallest absolute Gasteiger partial charge is 0.0645 e. The van der Waals surface area contributed by atoms with Gasteiger partial charge >= 0.3 is 0 Å². The molecule has 0 aromatic heterocycles. The van der Waals surface area contributed by atoms with Crippen LogP contribution in [0.3, 0.4) is 0 Å². The number of hydrogen-bond acceptors (Lipinski definition) is 2. The molecule has 0 aliphatic carbocycles. The van der Waals surface area contributed by atoms with Gasteiger partial charge in [0.1, 0.15) is 0 Å². The summed E-state index contributed by atoms with van der Waals surface area (Å²) in [7, 11) is 0. The summed E-state index contributed by atoms with van der Waals surface area (Å²) < 4.78 is 0. The van der Waals surface area contributed by atoms with Gasteiger partial charge in [-0.1, -0.05) is 35.9 Å². The highest BCUT2D eigenvalue weighted by Gasteiger charge is 1.97. The fraction of sp³-hybridized carbons (Fsp3) is 0.364. The molecule has 1 aromatic rings. The first-order valence-electron chi connectivity index (χ1n) is 4.44. The van der Waals surface area contributed by atoms with Crippen LogP contribution in [-0.2, 0) is 0 Å². The van der Waals surface area contributed by atoms with Gasteiger partial charge in [0.2, 0.25) is 0 Å². The highest BCUT2D eigenvalue weighted by Crippen LogP contribution is 2.09. The first kappa shape index (κ1) is 10.3. The van der Waals surface area contributed by atoms with Crippen molar-refractivity contribution in [2.24, 2.45) is 4.99 Å². The quantitative estimate of drug-likeness (QED) is 0.616. The van der Waals surface area contributed by atoms with Crippen LogP contribution in [0, 0.1) is 6.92 Å². The average molecular weight is 193 g/mol. The molecule has 2 rings (SSSR count). The minimum atomic E-state index is 1.04. The summed E-state index contributed by atoms with van der Waals surface area (Å²) >= 11 is 1.85. The lowest BCUT2D eigenvalue weighted by atomic mass is 10.2. The van der Waals surface area contributed by atoms with Crippen LogP contribution >= 0.6 is 11.8 Å². The van der Waals surface area contributed by atoms with Crippen molar-refractivity contribution in [2.45, 2.75) is 13.8 Å². The third-order valence-electron chi connectivity index (χ3n) is 1.68. The van der Waals surface area contributed by atoms with E-state index in [0.29, 0.717) is 0 Å². The first-order chi connectivity index (χ1) is 6.29. The molecule has 70 valence electrons. The maximum atomic E-state index is 4.12. The van der Waals surface area contributed by atoms with Gasteiger partial charge < -0.3 is 0 Å². The molecule has 0 fully saturated rings. The van der Waals surface area contributed by atoms with E-state index in [-0.39, 0.29) is 0 Å². The van der Waals surface area contributed by atoms with Crippen LogP contribution in [0.4, 0.5) is 0 Å². The normalized spacial score (nSPS) is 14.5. The summed E-state index contributed by atoms with van der Waals surface area (Å²) in [6, 6.07) is 10.3. The van der Waals surface area contributed by atoms with Crippen molar-refractivity contribution in [2.75, 3.05) is 12.3 Å². The first-order valence-corrected chi connectivity index (χ1v) is 5.43. The van der Waals surface area contributed by atoms with Crippen molar-refractivity contribution in [1.29, 1.82) is 0 Å². The molecule has 1 nitrogen and oxygen atoms in total. The molecule has 0 radical (unpaired) electrons. The molecule has 13 heavy (non-hydrogen) atoms. The molecule has 2 heteroatoms. The summed E-state index contributed by atoms with van der Waals surface area (Å²) in [6.07, 6.45) is 0. The van der Waals surface area contributed by atoms with E-state index in [2.05, 4.69) is 31.0 Å². The van der Waals surface area contributed by atoms with Gasteiger partial charge in [0.25, 0.3) is 0 Å². The van der Waals surface area contributed by atoms with E-state index in [0.717, 1.165) is 6.54 Å². The molecule has 0 saturated heterocycles. The zero-order valence-electron chi connectivity index (χ0n) is 8.16. The van der Waals surface area contributed by atoms with Crippen molar-refractivity contribution >= 4 is 16.8 Å². The van der Waals surface area contributed by atoms with Gasteiger partial charge in [0.05, 0.1) is 5.04 Å². The molecule has 0 saturated carbocycles. The largest absolute Gasteiger partial charge is 0.282 e. The third kappa shape index (κ3) is 4.73. The van der Waals surface area contributed by atoms with Gasteiger partial charge in [0.15, 0.2) is 0 Å². The van der Waals surface area contributed by atoms with Crippen molar-refractivity contribution in [3.05, 3.63) is 35.9 Å². The highest BCUT2D eigenvalue weighted by atomic mass is 32.2. The minimum absolute atomic E-state index is 1.04. The second-order valence-corrected chi connectivity index (χ2v) is 4.19. The van der Waals surface area contributed by atoms with Crippen LogP contribution in [0.5, 0.6) is 0 Å². The van der Waals surface area contributed by atoms with Gasteiger partial charge in [0, 0.05) is 12.3 Å². The average Bonchev–Trinajstić information content (AvgIpc) is 2.58. The van der Waals surface area contributed by atoms with Gasteiger partial charge in [-0.05, 0) is 13.8 Å². The van der Waals surface area contributed by atoms with E-state index in [4.69, 9.17) is 0 Å². The Morgan fingerprint density at radius 3 is 2.08 bits per heavy atom. The molecule has 0 atom stereocenters. The fourth-order valence-corrected chi connectivity index (χ4v) is 1.64. The van der Waals surface area contributed by atoms with E-state index in [1.54, 1.807) is 0 Å². The fourth-order valence-electron chi connectivity index (χ4n) is 0.976. The summed E-state index contributed by atoms with van der Waals surface area (Å²) in [5.74, 6) is 1.20. The molecule has 0 bridgehead atoms. The summed E-state index contributed by atoms with van der Waals surface area (Å²) in [5.41, 5.74) is 1.32. The van der Waals surface area contributed by atoms with E-state index in [1.807, 2.05) is 30.0 Å². The van der Waals surface area contributed by atoms with Crippen LogP contribution in [-0.4, -0.2) is 17.3 Å². The Bertz CT molecular complexity index is 267. The minimum Gasteiger partial charge on any atom is -0.282 e. The van der Waals surface area contributed by atoms with Crippen LogP contribution in [0.2, 0.25) is 0 Å². The molecule has 1 heterocycles. The Kier molecular flexibility index (Phi) is 4.61. The molecule has 1 aliphatic rings. The molecular formula is C11H15NS. The molecule has 0 spiro atoms. The van der Waals surface area contributed by atoms with Gasteiger partial charge in [-0.2, -0.15) is 0 Å². The van der Waals surface area contributed by atoms with E-state index in [9.17, 15) is 0 Å². The lowest BCUT2D eigenvalue weighted by molar-refractivity contribution is 1.17. The molecule has 0 unspecified atom stereocenters. The van der Waals surface area contributed by atoms with Crippen molar-refractivity contribution in [3.8, 4) is 0 Å². The number of nitrogens with zero attached hydrogens (tertiary/aromatic N) is 1. The van der Waals surface area contributed by atoms with E-state index in [1.165, 1.54) is 16.4 Å². The Labute approximate surface area is 84.3 Å². The monoisotopic (exact) mass is 193 g/mol. The summed E-state index contributed by atoms with van der Waals surface area (Å²) in [5, 5.41) is 1.25. The number of thioether (sulfide) groups is 1. The molecule has 0 N–H and O–H groups in total. The highest BCUT2D eigenvalue weighted by molar-refractivity contribution is 8.14. The lowest BCUT2D eigenvalue weighted by Crippen LogP contribution is -1.70. The second-order valence-electron chi connectivity index (χ2n) is 2.90. The Morgan fingerprint density at radius 2 is 1.85 bits per heavy atom. The maximum absolute atomic E-state index is 4.12. The van der Waals surface area contributed by atoms with Gasteiger partial charge in [-0.3, -0.25) is 4.99 Å². The van der Waals surface area contributed by atoms with Crippen molar-refractivity contribution in [1.82, 2.24) is 0 Å². The molecule has 0 amide bonds. The van der Waals surface area contributed by atoms with Crippen LogP contribution in [0.1, 0.15) is 12.5 Å². The molecule has 1 aromatic carbocycles. The number of rotatable bonds is 0. The molecular weight excluding hydrogens is 178 g/mol. The lowest BCUT2D eigenvalue weighted by Gasteiger charge is -1.82. The topological polar surface area (TPSA) is 12.4 Å². The van der Waals surface area contributed by atoms with Crippen LogP contribution in [0.15, 0.2) is 35.3 Å². The third-order valence-corrected chi connectivity index (χ3v) is 2.61. The molecule has 1 aliphatic heterocycles. The van der Waals surface area contributed by atoms with Gasteiger partial charge in [-0.15, -0.1) is 11.8 Å². The maximum Gasteiger partial charge on any atom is 0.0645 e.